The number of anilines is 1. The lowest BCUT2D eigenvalue weighted by atomic mass is 10.1. The van der Waals surface area contributed by atoms with Crippen molar-refractivity contribution in [1.29, 1.82) is 0 Å². The van der Waals surface area contributed by atoms with E-state index in [2.05, 4.69) is 5.32 Å². The molecule has 0 bridgehead atoms. The third kappa shape index (κ3) is 3.01. The van der Waals surface area contributed by atoms with Gasteiger partial charge in [-0.05, 0) is 43.9 Å². The van der Waals surface area contributed by atoms with Crippen LogP contribution >= 0.6 is 0 Å². The van der Waals surface area contributed by atoms with Gasteiger partial charge in [-0.2, -0.15) is 0 Å². The third-order valence-corrected chi connectivity index (χ3v) is 4.28. The van der Waals surface area contributed by atoms with Gasteiger partial charge in [0.25, 0.3) is 0 Å². The zero-order valence-electron chi connectivity index (χ0n) is 10.4. The highest BCUT2D eigenvalue weighted by Crippen LogP contribution is 2.25. The van der Waals surface area contributed by atoms with E-state index in [-0.39, 0.29) is 10.9 Å². The SMILES string of the molecule is Cc1ccc(S(N)(=O)=O)cc1NC1CCC(N)C1. The number of nitrogens with two attached hydrogens (primary N) is 2. The molecule has 0 amide bonds. The Morgan fingerprint density at radius 1 is 1.33 bits per heavy atom. The summed E-state index contributed by atoms with van der Waals surface area (Å²) in [6, 6.07) is 5.43. The van der Waals surface area contributed by atoms with Crippen LogP contribution in [0.15, 0.2) is 23.1 Å². The molecule has 1 aliphatic carbocycles. The predicted molar refractivity (Wildman–Crippen MR) is 71.8 cm³/mol. The van der Waals surface area contributed by atoms with Crippen molar-refractivity contribution in [3.05, 3.63) is 23.8 Å². The summed E-state index contributed by atoms with van der Waals surface area (Å²) in [4.78, 5) is 0.137. The second-order valence-corrected chi connectivity index (χ2v) is 6.50. The van der Waals surface area contributed by atoms with Crippen molar-refractivity contribution >= 4 is 15.7 Å². The van der Waals surface area contributed by atoms with E-state index in [4.69, 9.17) is 10.9 Å². The van der Waals surface area contributed by atoms with Gasteiger partial charge in [0, 0.05) is 17.8 Å². The van der Waals surface area contributed by atoms with Gasteiger partial charge in [-0.1, -0.05) is 6.07 Å². The third-order valence-electron chi connectivity index (χ3n) is 3.37. The zero-order chi connectivity index (χ0) is 13.3. The van der Waals surface area contributed by atoms with E-state index in [1.165, 1.54) is 6.07 Å². The summed E-state index contributed by atoms with van der Waals surface area (Å²) in [5.74, 6) is 0. The fourth-order valence-corrected chi connectivity index (χ4v) is 2.84. The Balaban J connectivity index is 2.22. The number of primary sulfonamides is 1. The Morgan fingerprint density at radius 2 is 2.06 bits per heavy atom. The second-order valence-electron chi connectivity index (χ2n) is 4.94. The van der Waals surface area contributed by atoms with Gasteiger partial charge in [-0.15, -0.1) is 0 Å². The lowest BCUT2D eigenvalue weighted by Crippen LogP contribution is -2.21. The van der Waals surface area contributed by atoms with Crippen molar-refractivity contribution < 1.29 is 8.42 Å². The summed E-state index contributed by atoms with van der Waals surface area (Å²) in [5, 5.41) is 8.48. The van der Waals surface area contributed by atoms with Gasteiger partial charge in [-0.25, -0.2) is 13.6 Å². The molecule has 1 aromatic rings. The lowest BCUT2D eigenvalue weighted by molar-refractivity contribution is 0.597. The predicted octanol–water partition coefficient (Wildman–Crippen LogP) is 0.934. The highest BCUT2D eigenvalue weighted by Gasteiger charge is 2.22. The molecule has 0 aromatic heterocycles. The topological polar surface area (TPSA) is 98.2 Å². The quantitative estimate of drug-likeness (QED) is 0.760. The largest absolute Gasteiger partial charge is 0.382 e. The van der Waals surface area contributed by atoms with Crippen molar-refractivity contribution in [3.8, 4) is 0 Å². The van der Waals surface area contributed by atoms with Crippen molar-refractivity contribution in [1.82, 2.24) is 0 Å². The van der Waals surface area contributed by atoms with E-state index < -0.39 is 10.0 Å². The number of hydrogen-bond donors (Lipinski definition) is 3. The van der Waals surface area contributed by atoms with Crippen molar-refractivity contribution in [3.63, 3.8) is 0 Å². The van der Waals surface area contributed by atoms with Crippen LogP contribution in [0.3, 0.4) is 0 Å². The van der Waals surface area contributed by atoms with Gasteiger partial charge in [0.15, 0.2) is 0 Å². The van der Waals surface area contributed by atoms with E-state index in [9.17, 15) is 8.42 Å². The van der Waals surface area contributed by atoms with Gasteiger partial charge < -0.3 is 11.1 Å². The summed E-state index contributed by atoms with van der Waals surface area (Å²) < 4.78 is 22.6. The maximum atomic E-state index is 11.3. The molecule has 0 aliphatic heterocycles. The maximum absolute atomic E-state index is 11.3. The standard InChI is InChI=1S/C12H19N3O2S/c1-8-2-5-11(18(14,16)17)7-12(8)15-10-4-3-9(13)6-10/h2,5,7,9-10,15H,3-4,6,13H2,1H3,(H2,14,16,17). The average molecular weight is 269 g/mol. The number of rotatable bonds is 3. The molecule has 2 unspecified atom stereocenters. The summed E-state index contributed by atoms with van der Waals surface area (Å²) >= 11 is 0. The minimum absolute atomic E-state index is 0.137. The van der Waals surface area contributed by atoms with Gasteiger partial charge >= 0.3 is 0 Å². The first-order valence-electron chi connectivity index (χ1n) is 6.02. The van der Waals surface area contributed by atoms with Crippen molar-refractivity contribution in [2.75, 3.05) is 5.32 Å². The molecule has 0 spiro atoms. The van der Waals surface area contributed by atoms with E-state index in [1.54, 1.807) is 12.1 Å². The smallest absolute Gasteiger partial charge is 0.238 e. The van der Waals surface area contributed by atoms with Crippen LogP contribution in [0.4, 0.5) is 5.69 Å². The number of sulfonamides is 1. The normalized spacial score (nSPS) is 24.2. The maximum Gasteiger partial charge on any atom is 0.238 e. The highest BCUT2D eigenvalue weighted by atomic mass is 32.2. The Morgan fingerprint density at radius 3 is 2.61 bits per heavy atom. The first-order chi connectivity index (χ1) is 8.36. The highest BCUT2D eigenvalue weighted by molar-refractivity contribution is 7.89. The van der Waals surface area contributed by atoms with Crippen LogP contribution in [0.2, 0.25) is 0 Å². The Hall–Kier alpha value is -1.11. The van der Waals surface area contributed by atoms with E-state index >= 15 is 0 Å². The first kappa shape index (κ1) is 13.3. The Bertz CT molecular complexity index is 542. The summed E-state index contributed by atoms with van der Waals surface area (Å²) in [7, 11) is -3.65. The lowest BCUT2D eigenvalue weighted by Gasteiger charge is -2.16. The van der Waals surface area contributed by atoms with Crippen LogP contribution in [0.25, 0.3) is 0 Å². The summed E-state index contributed by atoms with van der Waals surface area (Å²) in [6.07, 6.45) is 2.94. The monoisotopic (exact) mass is 269 g/mol. The molecule has 5 N–H and O–H groups in total. The van der Waals surface area contributed by atoms with Gasteiger partial charge in [0.05, 0.1) is 4.90 Å². The number of benzene rings is 1. The van der Waals surface area contributed by atoms with Crippen LogP contribution in [-0.2, 0) is 10.0 Å². The molecule has 1 aliphatic rings. The van der Waals surface area contributed by atoms with Crippen molar-refractivity contribution in [2.45, 2.75) is 43.2 Å². The number of aryl methyl sites for hydroxylation is 1. The molecular weight excluding hydrogens is 250 g/mol. The van der Waals surface area contributed by atoms with Crippen LogP contribution in [-0.4, -0.2) is 20.5 Å². The molecule has 2 atom stereocenters. The molecule has 1 aromatic carbocycles. The molecule has 1 fully saturated rings. The molecule has 2 rings (SSSR count). The molecule has 0 radical (unpaired) electrons. The van der Waals surface area contributed by atoms with E-state index in [1.807, 2.05) is 6.92 Å². The number of nitrogens with one attached hydrogen (secondary N) is 1. The van der Waals surface area contributed by atoms with E-state index in [0.717, 1.165) is 30.5 Å². The van der Waals surface area contributed by atoms with Crippen LogP contribution in [0.5, 0.6) is 0 Å². The molecule has 5 nitrogen and oxygen atoms in total. The van der Waals surface area contributed by atoms with Gasteiger partial charge in [0.2, 0.25) is 10.0 Å². The fraction of sp³-hybridized carbons (Fsp3) is 0.500. The molecular formula is C12H19N3O2S. The van der Waals surface area contributed by atoms with E-state index in [0.29, 0.717) is 6.04 Å². The van der Waals surface area contributed by atoms with Crippen molar-refractivity contribution in [2.24, 2.45) is 10.9 Å². The molecule has 18 heavy (non-hydrogen) atoms. The second kappa shape index (κ2) is 4.87. The fourth-order valence-electron chi connectivity index (χ4n) is 2.30. The molecule has 100 valence electrons. The minimum Gasteiger partial charge on any atom is -0.382 e. The first-order valence-corrected chi connectivity index (χ1v) is 7.56. The van der Waals surface area contributed by atoms with Crippen LogP contribution in [0.1, 0.15) is 24.8 Å². The molecule has 0 heterocycles. The minimum atomic E-state index is -3.65. The summed E-state index contributed by atoms with van der Waals surface area (Å²) in [5.41, 5.74) is 7.68. The average Bonchev–Trinajstić information content (AvgIpc) is 2.66. The molecule has 6 heteroatoms. The Labute approximate surface area is 108 Å². The van der Waals surface area contributed by atoms with Gasteiger partial charge in [0.1, 0.15) is 0 Å². The van der Waals surface area contributed by atoms with Crippen LogP contribution < -0.4 is 16.2 Å². The summed E-state index contributed by atoms with van der Waals surface area (Å²) in [6.45, 7) is 1.93. The van der Waals surface area contributed by atoms with Gasteiger partial charge in [-0.3, -0.25) is 0 Å². The zero-order valence-corrected chi connectivity index (χ0v) is 11.2. The molecule has 0 saturated heterocycles. The van der Waals surface area contributed by atoms with Crippen LogP contribution in [0, 0.1) is 6.92 Å². The Kier molecular flexibility index (Phi) is 3.61. The molecule has 1 saturated carbocycles. The number of hydrogen-bond acceptors (Lipinski definition) is 4.